The number of carbonyl (C=O) groups is 1. The van der Waals surface area contributed by atoms with Gasteiger partial charge in [-0.2, -0.15) is 0 Å². The Morgan fingerprint density at radius 2 is 1.14 bits per heavy atom. The molecule has 0 spiro atoms. The molecule has 82 valence electrons. The molecule has 0 aromatic rings. The van der Waals surface area contributed by atoms with Crippen LogP contribution in [0.4, 0.5) is 31.1 Å². The molecule has 0 saturated carbocycles. The zero-order valence-electron chi connectivity index (χ0n) is 6.48. The first-order valence-electron chi connectivity index (χ1n) is 3.36. The third-order valence-corrected chi connectivity index (χ3v) is 1.62. The first kappa shape index (κ1) is 10.9. The van der Waals surface area contributed by atoms with Crippen LogP contribution in [0.25, 0.3) is 0 Å². The summed E-state index contributed by atoms with van der Waals surface area (Å²) in [7, 11) is 0. The normalized spacial score (nSPS) is 19.4. The summed E-state index contributed by atoms with van der Waals surface area (Å²) in [6.45, 7) is -2.00. The number of urea groups is 1. The third kappa shape index (κ3) is 1.85. The molecule has 1 aliphatic heterocycles. The molecule has 2 amide bonds. The van der Waals surface area contributed by atoms with Crippen LogP contribution in [0.2, 0.25) is 0 Å². The first-order valence-corrected chi connectivity index (χ1v) is 3.36. The molecule has 0 atom stereocenters. The van der Waals surface area contributed by atoms with Crippen molar-refractivity contribution in [1.82, 2.24) is 9.80 Å². The summed E-state index contributed by atoms with van der Waals surface area (Å²) in [6, 6.07) is -2.08. The lowest BCUT2D eigenvalue weighted by Crippen LogP contribution is -2.45. The highest BCUT2D eigenvalue weighted by atomic mass is 19.4. The number of hydrogen-bond donors (Lipinski definition) is 0. The van der Waals surface area contributed by atoms with Gasteiger partial charge < -0.3 is 0 Å². The molecular weight excluding hydrogens is 218 g/mol. The van der Waals surface area contributed by atoms with E-state index in [4.69, 9.17) is 0 Å². The predicted molar refractivity (Wildman–Crippen MR) is 30.9 cm³/mol. The maximum atomic E-state index is 11.9. The van der Waals surface area contributed by atoms with E-state index in [9.17, 15) is 31.1 Å². The molecule has 9 heteroatoms. The van der Waals surface area contributed by atoms with Gasteiger partial charge in [0, 0.05) is 13.1 Å². The van der Waals surface area contributed by atoms with E-state index in [1.807, 2.05) is 0 Å². The van der Waals surface area contributed by atoms with E-state index in [1.165, 1.54) is 0 Å². The minimum absolute atomic E-state index is 0.777. The van der Waals surface area contributed by atoms with E-state index in [-0.39, 0.29) is 0 Å². The highest BCUT2D eigenvalue weighted by Crippen LogP contribution is 2.31. The second-order valence-electron chi connectivity index (χ2n) is 2.52. The number of amides is 2. The maximum Gasteiger partial charge on any atom is 0.488 e. The van der Waals surface area contributed by atoms with Gasteiger partial charge in [-0.25, -0.2) is 14.6 Å². The summed E-state index contributed by atoms with van der Waals surface area (Å²) in [4.78, 5) is 9.06. The molecule has 0 N–H and O–H groups in total. The van der Waals surface area contributed by atoms with Gasteiger partial charge in [0.15, 0.2) is 0 Å². The lowest BCUT2D eigenvalue weighted by Gasteiger charge is -2.21. The quantitative estimate of drug-likeness (QED) is 0.452. The first-order chi connectivity index (χ1) is 6.14. The van der Waals surface area contributed by atoms with Crippen molar-refractivity contribution in [2.75, 3.05) is 13.1 Å². The Balaban J connectivity index is 2.80. The Hall–Kier alpha value is -1.15. The van der Waals surface area contributed by atoms with Gasteiger partial charge in [-0.15, -0.1) is 26.3 Å². The van der Waals surface area contributed by atoms with Crippen LogP contribution >= 0.6 is 0 Å². The van der Waals surface area contributed by atoms with E-state index in [2.05, 4.69) is 0 Å². The molecule has 0 unspecified atom stereocenters. The van der Waals surface area contributed by atoms with Crippen LogP contribution in [0.3, 0.4) is 0 Å². The van der Waals surface area contributed by atoms with Gasteiger partial charge in [0.05, 0.1) is 0 Å². The van der Waals surface area contributed by atoms with Gasteiger partial charge >= 0.3 is 18.6 Å². The topological polar surface area (TPSA) is 23.6 Å². The van der Waals surface area contributed by atoms with Gasteiger partial charge in [0.1, 0.15) is 0 Å². The molecule has 0 aromatic heterocycles. The van der Waals surface area contributed by atoms with Crippen molar-refractivity contribution in [3.63, 3.8) is 0 Å². The lowest BCUT2D eigenvalue weighted by atomic mass is 10.6. The second kappa shape index (κ2) is 2.92. The SMILES string of the molecule is O=C1N(C(F)(F)F)CCN1C(F)(F)F. The maximum absolute atomic E-state index is 11.9. The van der Waals surface area contributed by atoms with E-state index in [0.717, 1.165) is 0 Å². The summed E-state index contributed by atoms with van der Waals surface area (Å²) in [5.74, 6) is 0. The van der Waals surface area contributed by atoms with Crippen molar-refractivity contribution >= 4 is 6.03 Å². The fourth-order valence-corrected chi connectivity index (χ4v) is 1.01. The molecule has 0 aromatic carbocycles. The monoisotopic (exact) mass is 222 g/mol. The van der Waals surface area contributed by atoms with Gasteiger partial charge in [-0.1, -0.05) is 0 Å². The smallest absolute Gasteiger partial charge is 0.248 e. The lowest BCUT2D eigenvalue weighted by molar-refractivity contribution is -0.231. The summed E-state index contributed by atoms with van der Waals surface area (Å²) in [6.07, 6.45) is -10.1. The molecule has 1 aliphatic rings. The van der Waals surface area contributed by atoms with Crippen LogP contribution in [0.1, 0.15) is 0 Å². The fourth-order valence-electron chi connectivity index (χ4n) is 1.01. The average Bonchev–Trinajstić information content (AvgIpc) is 2.26. The number of halogens is 6. The van der Waals surface area contributed by atoms with Crippen LogP contribution in [0, 0.1) is 0 Å². The Morgan fingerprint density at radius 1 is 0.857 bits per heavy atom. The number of hydrogen-bond acceptors (Lipinski definition) is 1. The molecule has 3 nitrogen and oxygen atoms in total. The average molecular weight is 222 g/mol. The van der Waals surface area contributed by atoms with Crippen LogP contribution in [0.15, 0.2) is 0 Å². The van der Waals surface area contributed by atoms with Crippen molar-refractivity contribution in [2.24, 2.45) is 0 Å². The summed E-state index contributed by atoms with van der Waals surface area (Å²) in [5.41, 5.74) is 0. The van der Waals surface area contributed by atoms with Crippen LogP contribution in [-0.2, 0) is 0 Å². The highest BCUT2D eigenvalue weighted by Gasteiger charge is 2.53. The van der Waals surface area contributed by atoms with E-state index in [0.29, 0.717) is 0 Å². The second-order valence-corrected chi connectivity index (χ2v) is 2.52. The van der Waals surface area contributed by atoms with E-state index >= 15 is 0 Å². The Morgan fingerprint density at radius 3 is 1.29 bits per heavy atom. The number of nitrogens with zero attached hydrogens (tertiary/aromatic N) is 2. The Bertz CT molecular complexity index is 222. The van der Waals surface area contributed by atoms with Crippen LogP contribution in [0.5, 0.6) is 0 Å². The van der Waals surface area contributed by atoms with E-state index < -0.39 is 41.5 Å². The number of rotatable bonds is 0. The van der Waals surface area contributed by atoms with E-state index in [1.54, 1.807) is 0 Å². The van der Waals surface area contributed by atoms with Crippen molar-refractivity contribution in [2.45, 2.75) is 12.6 Å². The zero-order chi connectivity index (χ0) is 11.1. The van der Waals surface area contributed by atoms with Gasteiger partial charge in [0.25, 0.3) is 0 Å². The molecule has 0 bridgehead atoms. The van der Waals surface area contributed by atoms with Crippen molar-refractivity contribution in [3.8, 4) is 0 Å². The Labute approximate surface area is 73.9 Å². The standard InChI is InChI=1S/C5H4F6N2O/c6-4(7,8)12-1-2-13(3(12)14)5(9,10)11/h1-2H2. The third-order valence-electron chi connectivity index (χ3n) is 1.62. The summed E-state index contributed by atoms with van der Waals surface area (Å²) >= 11 is 0. The van der Waals surface area contributed by atoms with Crippen LogP contribution in [-0.4, -0.2) is 41.5 Å². The largest absolute Gasteiger partial charge is 0.488 e. The molecular formula is C5H4F6N2O. The minimum atomic E-state index is -5.06. The molecule has 1 saturated heterocycles. The predicted octanol–water partition coefficient (Wildman–Crippen LogP) is 1.76. The summed E-state index contributed by atoms with van der Waals surface area (Å²) in [5, 5.41) is 0. The van der Waals surface area contributed by atoms with Crippen molar-refractivity contribution in [3.05, 3.63) is 0 Å². The summed E-state index contributed by atoms with van der Waals surface area (Å²) < 4.78 is 71.3. The number of carbonyl (C=O) groups excluding carboxylic acids is 1. The van der Waals surface area contributed by atoms with Crippen LogP contribution < -0.4 is 0 Å². The molecule has 1 fully saturated rings. The van der Waals surface area contributed by atoms with Gasteiger partial charge in [-0.05, 0) is 0 Å². The fraction of sp³-hybridized carbons (Fsp3) is 0.800. The van der Waals surface area contributed by atoms with Crippen molar-refractivity contribution in [1.29, 1.82) is 0 Å². The molecule has 0 radical (unpaired) electrons. The Kier molecular flexibility index (Phi) is 2.28. The molecule has 1 heterocycles. The molecule has 14 heavy (non-hydrogen) atoms. The molecule has 0 aliphatic carbocycles. The molecule has 1 rings (SSSR count). The van der Waals surface area contributed by atoms with Gasteiger partial charge in [0.2, 0.25) is 0 Å². The van der Waals surface area contributed by atoms with Gasteiger partial charge in [-0.3, -0.25) is 0 Å². The van der Waals surface area contributed by atoms with Crippen molar-refractivity contribution < 1.29 is 31.1 Å². The number of alkyl halides is 6. The highest BCUT2D eigenvalue weighted by molar-refractivity contribution is 5.77. The zero-order valence-corrected chi connectivity index (χ0v) is 6.48. The minimum Gasteiger partial charge on any atom is -0.248 e.